The van der Waals surface area contributed by atoms with Gasteiger partial charge in [-0.05, 0) is 103 Å². The minimum Gasteiger partial charge on any atom is -0.497 e. The summed E-state index contributed by atoms with van der Waals surface area (Å²) in [6, 6.07) is 6.80. The second-order valence-corrected chi connectivity index (χ2v) is 9.86. The molecule has 0 saturated heterocycles. The Morgan fingerprint density at radius 1 is 1.32 bits per heavy atom. The van der Waals surface area contributed by atoms with Crippen molar-refractivity contribution in [3.8, 4) is 5.75 Å². The van der Waals surface area contributed by atoms with Gasteiger partial charge in [-0.15, -0.1) is 0 Å². The van der Waals surface area contributed by atoms with Gasteiger partial charge < -0.3 is 9.84 Å². The number of hydrogen-bond donors (Lipinski definition) is 1. The van der Waals surface area contributed by atoms with Crippen LogP contribution in [0.4, 0.5) is 0 Å². The van der Waals surface area contributed by atoms with Crippen LogP contribution in [0, 0.1) is 34.5 Å². The summed E-state index contributed by atoms with van der Waals surface area (Å²) in [6.07, 6.45) is 6.31. The smallest absolute Gasteiger partial charge is 0.119 e. The van der Waals surface area contributed by atoms with Gasteiger partial charge in [0.15, 0.2) is 0 Å². The molecular weight excluding hydrogens is 308 g/mol. The maximum atomic E-state index is 10.5. The third-order valence-electron chi connectivity index (χ3n) is 9.06. The normalized spacial score (nSPS) is 48.0. The highest BCUT2D eigenvalue weighted by molar-refractivity contribution is 5.43. The molecule has 2 heteroatoms. The molecular formula is C23H32O2. The Morgan fingerprint density at radius 2 is 2.12 bits per heavy atom. The topological polar surface area (TPSA) is 29.5 Å². The zero-order valence-electron chi connectivity index (χ0n) is 16.1. The molecule has 0 radical (unpaired) electrons. The van der Waals surface area contributed by atoms with E-state index in [1.807, 2.05) is 6.92 Å². The fraction of sp³-hybridized carbons (Fsp3) is 0.739. The highest BCUT2D eigenvalue weighted by atomic mass is 16.5. The zero-order valence-corrected chi connectivity index (χ0v) is 16.1. The first-order chi connectivity index (χ1) is 11.9. The van der Waals surface area contributed by atoms with E-state index in [2.05, 4.69) is 32.0 Å². The third kappa shape index (κ3) is 1.85. The second kappa shape index (κ2) is 5.03. The number of fused-ring (bicyclic) bond motifs is 3. The minimum absolute atomic E-state index is 0.151. The summed E-state index contributed by atoms with van der Waals surface area (Å²) in [5, 5.41) is 10.5. The van der Waals surface area contributed by atoms with Gasteiger partial charge in [0.2, 0.25) is 0 Å². The number of hydrogen-bond acceptors (Lipinski definition) is 2. The van der Waals surface area contributed by atoms with Crippen molar-refractivity contribution in [1.82, 2.24) is 0 Å². The van der Waals surface area contributed by atoms with Gasteiger partial charge in [-0.1, -0.05) is 19.9 Å². The Labute approximate surface area is 152 Å². The van der Waals surface area contributed by atoms with Crippen LogP contribution in [0.15, 0.2) is 18.2 Å². The van der Waals surface area contributed by atoms with Gasteiger partial charge in [-0.3, -0.25) is 0 Å². The Bertz CT molecular complexity index is 710. The van der Waals surface area contributed by atoms with Crippen molar-refractivity contribution in [2.24, 2.45) is 34.5 Å². The first kappa shape index (κ1) is 16.2. The molecule has 0 amide bonds. The number of rotatable bonds is 2. The Morgan fingerprint density at radius 3 is 2.84 bits per heavy atom. The van der Waals surface area contributed by atoms with E-state index in [4.69, 9.17) is 4.74 Å². The highest BCUT2D eigenvalue weighted by Crippen LogP contribution is 2.83. The van der Waals surface area contributed by atoms with E-state index in [0.717, 1.165) is 29.4 Å². The predicted molar refractivity (Wildman–Crippen MR) is 99.8 cm³/mol. The summed E-state index contributed by atoms with van der Waals surface area (Å²) < 4.78 is 5.48. The molecule has 0 aromatic heterocycles. The van der Waals surface area contributed by atoms with E-state index >= 15 is 0 Å². The largest absolute Gasteiger partial charge is 0.497 e. The molecule has 5 rings (SSSR count). The molecule has 1 aromatic carbocycles. The predicted octanol–water partition coefficient (Wildman–Crippen LogP) is 4.79. The lowest BCUT2D eigenvalue weighted by Gasteiger charge is -2.56. The SMILES string of the molecule is COc1ccc2c(c1)C[C@@H](C)[C@@H]1[C@@H]2CC[C@]2(C)[C@H]([C@H](C)O)C[C@H]3C[C@@]312. The quantitative estimate of drug-likeness (QED) is 0.838. The lowest BCUT2D eigenvalue weighted by atomic mass is 9.48. The van der Waals surface area contributed by atoms with Gasteiger partial charge in [0.1, 0.15) is 5.75 Å². The fourth-order valence-corrected chi connectivity index (χ4v) is 8.16. The molecule has 1 N–H and O–H groups in total. The van der Waals surface area contributed by atoms with Gasteiger partial charge in [-0.25, -0.2) is 0 Å². The lowest BCUT2D eigenvalue weighted by Crippen LogP contribution is -2.50. The molecule has 1 aromatic rings. The molecule has 3 saturated carbocycles. The van der Waals surface area contributed by atoms with Crippen LogP contribution in [0.2, 0.25) is 0 Å². The summed E-state index contributed by atoms with van der Waals surface area (Å²) >= 11 is 0. The molecule has 4 aliphatic rings. The number of aliphatic hydroxyl groups is 1. The molecule has 1 spiro atoms. The summed E-state index contributed by atoms with van der Waals surface area (Å²) in [5.74, 6) is 4.64. The maximum absolute atomic E-state index is 10.5. The van der Waals surface area contributed by atoms with Crippen LogP contribution in [0.3, 0.4) is 0 Å². The number of benzene rings is 1. The highest BCUT2D eigenvalue weighted by Gasteiger charge is 2.77. The fourth-order valence-electron chi connectivity index (χ4n) is 8.16. The van der Waals surface area contributed by atoms with Crippen LogP contribution in [0.1, 0.15) is 63.5 Å². The first-order valence-electron chi connectivity index (χ1n) is 10.3. The van der Waals surface area contributed by atoms with Crippen molar-refractivity contribution in [2.75, 3.05) is 7.11 Å². The van der Waals surface area contributed by atoms with Crippen LogP contribution < -0.4 is 4.74 Å². The Kier molecular flexibility index (Phi) is 3.25. The average molecular weight is 341 g/mol. The molecule has 25 heavy (non-hydrogen) atoms. The Balaban J connectivity index is 1.57. The van der Waals surface area contributed by atoms with Gasteiger partial charge in [0, 0.05) is 0 Å². The standard InChI is InChI=1S/C23H32O2/c1-13-9-15-10-17(25-4)5-6-18(15)19-7-8-22(3)20(14(2)24)11-16-12-23(16,22)21(13)19/h5-6,10,13-14,16,19-21,24H,7-9,11-12H2,1-4H3/t13-,14+,16+,19-,20+,21-,22-,23-/m1/s1. The molecule has 2 nitrogen and oxygen atoms in total. The van der Waals surface area contributed by atoms with Crippen molar-refractivity contribution in [2.45, 2.75) is 64.9 Å². The average Bonchev–Trinajstić information content (AvgIpc) is 3.23. The van der Waals surface area contributed by atoms with Crippen molar-refractivity contribution < 1.29 is 9.84 Å². The number of aliphatic hydroxyl groups excluding tert-OH is 1. The molecule has 8 atom stereocenters. The number of ether oxygens (including phenoxy) is 1. The van der Waals surface area contributed by atoms with Crippen LogP contribution in [-0.2, 0) is 6.42 Å². The zero-order chi connectivity index (χ0) is 17.6. The lowest BCUT2D eigenvalue weighted by molar-refractivity contribution is -0.0634. The van der Waals surface area contributed by atoms with Crippen molar-refractivity contribution in [3.05, 3.63) is 29.3 Å². The van der Waals surface area contributed by atoms with Crippen molar-refractivity contribution >= 4 is 0 Å². The molecule has 0 aliphatic heterocycles. The van der Waals surface area contributed by atoms with E-state index in [1.165, 1.54) is 37.7 Å². The van der Waals surface area contributed by atoms with E-state index in [9.17, 15) is 5.11 Å². The third-order valence-corrected chi connectivity index (χ3v) is 9.06. The molecule has 0 unspecified atom stereocenters. The van der Waals surface area contributed by atoms with Gasteiger partial charge in [0.05, 0.1) is 13.2 Å². The van der Waals surface area contributed by atoms with Gasteiger partial charge in [0.25, 0.3) is 0 Å². The van der Waals surface area contributed by atoms with Crippen molar-refractivity contribution in [1.29, 1.82) is 0 Å². The summed E-state index contributed by atoms with van der Waals surface area (Å²) in [6.45, 7) is 7.06. The molecule has 0 heterocycles. The molecule has 3 fully saturated rings. The summed E-state index contributed by atoms with van der Waals surface area (Å²) in [4.78, 5) is 0. The Hall–Kier alpha value is -1.02. The first-order valence-corrected chi connectivity index (χ1v) is 10.3. The second-order valence-electron chi connectivity index (χ2n) is 9.86. The van der Waals surface area contributed by atoms with Crippen LogP contribution in [-0.4, -0.2) is 18.3 Å². The maximum Gasteiger partial charge on any atom is 0.119 e. The van der Waals surface area contributed by atoms with E-state index in [-0.39, 0.29) is 6.10 Å². The van der Waals surface area contributed by atoms with Crippen LogP contribution in [0.5, 0.6) is 5.75 Å². The van der Waals surface area contributed by atoms with E-state index < -0.39 is 0 Å². The molecule has 4 aliphatic carbocycles. The van der Waals surface area contributed by atoms with E-state index in [1.54, 1.807) is 12.7 Å². The summed E-state index contributed by atoms with van der Waals surface area (Å²) in [7, 11) is 1.77. The monoisotopic (exact) mass is 340 g/mol. The van der Waals surface area contributed by atoms with E-state index in [0.29, 0.717) is 16.7 Å². The minimum atomic E-state index is -0.151. The van der Waals surface area contributed by atoms with Gasteiger partial charge in [-0.2, -0.15) is 0 Å². The van der Waals surface area contributed by atoms with Crippen molar-refractivity contribution in [3.63, 3.8) is 0 Å². The molecule has 0 bridgehead atoms. The number of methoxy groups -OCH3 is 1. The van der Waals surface area contributed by atoms with Gasteiger partial charge >= 0.3 is 0 Å². The summed E-state index contributed by atoms with van der Waals surface area (Å²) in [5.41, 5.74) is 3.99. The molecule has 136 valence electrons. The van der Waals surface area contributed by atoms with Crippen LogP contribution in [0.25, 0.3) is 0 Å². The van der Waals surface area contributed by atoms with Crippen LogP contribution >= 0.6 is 0 Å².